The van der Waals surface area contributed by atoms with Crippen LogP contribution in [0.1, 0.15) is 31.2 Å². The number of allylic oxidation sites excluding steroid dienone is 1. The smallest absolute Gasteiger partial charge is 0.338 e. The second-order valence-electron chi connectivity index (χ2n) is 8.47. The van der Waals surface area contributed by atoms with E-state index in [1.165, 1.54) is 11.3 Å². The minimum absolute atomic E-state index is 0.211. The van der Waals surface area contributed by atoms with Crippen LogP contribution in [0.2, 0.25) is 0 Å². The Balaban J connectivity index is 1.62. The molecule has 2 aromatic heterocycles. The van der Waals surface area contributed by atoms with Crippen LogP contribution in [0.4, 0.5) is 5.88 Å². The molecule has 1 fully saturated rings. The van der Waals surface area contributed by atoms with E-state index in [2.05, 4.69) is 25.8 Å². The summed E-state index contributed by atoms with van der Waals surface area (Å²) >= 11 is 4.78. The van der Waals surface area contributed by atoms with E-state index in [-0.39, 0.29) is 12.2 Å². The molecule has 1 atom stereocenters. The van der Waals surface area contributed by atoms with Crippen molar-refractivity contribution in [3.8, 4) is 5.75 Å². The lowest BCUT2D eigenvalue weighted by molar-refractivity contribution is -0.139. The third kappa shape index (κ3) is 4.90. The van der Waals surface area contributed by atoms with Crippen molar-refractivity contribution >= 4 is 45.2 Å². The fraction of sp³-hybridized carbons (Fsp3) is 0.346. The number of morpholine rings is 1. The van der Waals surface area contributed by atoms with Gasteiger partial charge in [0.15, 0.2) is 10.7 Å². The van der Waals surface area contributed by atoms with Gasteiger partial charge in [-0.25, -0.2) is 9.79 Å². The molecular formula is C26H26BrN3O6S. The summed E-state index contributed by atoms with van der Waals surface area (Å²) in [5.41, 5.74) is 1.30. The van der Waals surface area contributed by atoms with Gasteiger partial charge in [0.25, 0.3) is 5.56 Å². The molecule has 2 aliphatic heterocycles. The summed E-state index contributed by atoms with van der Waals surface area (Å²) in [6, 6.07) is 8.51. The molecule has 1 aromatic carbocycles. The zero-order valence-electron chi connectivity index (χ0n) is 20.7. The maximum absolute atomic E-state index is 13.8. The van der Waals surface area contributed by atoms with Crippen molar-refractivity contribution in [3.05, 3.63) is 77.1 Å². The molecule has 0 bridgehead atoms. The van der Waals surface area contributed by atoms with Crippen LogP contribution < -0.4 is 24.5 Å². The lowest BCUT2D eigenvalue weighted by Crippen LogP contribution is -2.39. The Morgan fingerprint density at radius 2 is 2.05 bits per heavy atom. The molecule has 37 heavy (non-hydrogen) atoms. The largest absolute Gasteiger partial charge is 0.496 e. The van der Waals surface area contributed by atoms with Gasteiger partial charge in [-0.2, -0.15) is 0 Å². The van der Waals surface area contributed by atoms with Gasteiger partial charge in [0, 0.05) is 25.2 Å². The van der Waals surface area contributed by atoms with Crippen LogP contribution in [-0.4, -0.2) is 50.6 Å². The summed E-state index contributed by atoms with van der Waals surface area (Å²) in [5.74, 6) is 1.44. The number of benzene rings is 1. The van der Waals surface area contributed by atoms with E-state index in [9.17, 15) is 9.59 Å². The van der Waals surface area contributed by atoms with E-state index in [4.69, 9.17) is 18.6 Å². The first-order valence-corrected chi connectivity index (χ1v) is 13.5. The first kappa shape index (κ1) is 25.5. The lowest BCUT2D eigenvalue weighted by atomic mass is 9.96. The Morgan fingerprint density at radius 1 is 1.27 bits per heavy atom. The summed E-state index contributed by atoms with van der Waals surface area (Å²) in [6.07, 6.45) is 1.72. The molecule has 9 nitrogen and oxygen atoms in total. The Hall–Kier alpha value is -3.15. The molecule has 0 unspecified atom stereocenters. The number of halogens is 1. The Labute approximate surface area is 225 Å². The Bertz CT molecular complexity index is 1550. The predicted octanol–water partition coefficient (Wildman–Crippen LogP) is 3.00. The highest BCUT2D eigenvalue weighted by molar-refractivity contribution is 9.10. The van der Waals surface area contributed by atoms with E-state index in [1.807, 2.05) is 24.3 Å². The molecule has 0 amide bonds. The SMILES string of the molecule is CCOC(=O)C1=C(C)N=c2sc(=Cc3ccc(N4CCOCC4)o3)c(=O)n2[C@@H]1c1ccc(OC)c(Br)c1. The molecule has 5 rings (SSSR count). The van der Waals surface area contributed by atoms with Crippen molar-refractivity contribution in [2.45, 2.75) is 19.9 Å². The number of hydrogen-bond donors (Lipinski definition) is 0. The van der Waals surface area contributed by atoms with Crippen LogP contribution in [0.25, 0.3) is 6.08 Å². The summed E-state index contributed by atoms with van der Waals surface area (Å²) in [7, 11) is 1.58. The van der Waals surface area contributed by atoms with Crippen molar-refractivity contribution in [3.63, 3.8) is 0 Å². The summed E-state index contributed by atoms with van der Waals surface area (Å²) in [5, 5.41) is 0. The normalized spacial score (nSPS) is 18.0. The maximum Gasteiger partial charge on any atom is 0.338 e. The van der Waals surface area contributed by atoms with E-state index < -0.39 is 12.0 Å². The molecule has 1 saturated heterocycles. The molecule has 194 valence electrons. The summed E-state index contributed by atoms with van der Waals surface area (Å²) in [6.45, 7) is 6.52. The number of anilines is 1. The average molecular weight is 588 g/mol. The molecular weight excluding hydrogens is 562 g/mol. The Kier molecular flexibility index (Phi) is 7.36. The highest BCUT2D eigenvalue weighted by Crippen LogP contribution is 2.35. The zero-order chi connectivity index (χ0) is 26.1. The number of fused-ring (bicyclic) bond motifs is 1. The first-order valence-electron chi connectivity index (χ1n) is 11.9. The maximum atomic E-state index is 13.8. The van der Waals surface area contributed by atoms with Crippen molar-refractivity contribution in [1.29, 1.82) is 0 Å². The van der Waals surface area contributed by atoms with E-state index in [0.717, 1.165) is 24.5 Å². The standard InChI is InChI=1S/C26H26BrN3O6S/c1-4-35-25(32)22-15(2)28-26-30(23(22)16-5-7-19(33-3)18(27)13-16)24(31)20(37-26)14-17-6-8-21(36-17)29-9-11-34-12-10-29/h5-8,13-14,23H,4,9-12H2,1-3H3/t23-/m1/s1. The van der Waals surface area contributed by atoms with Gasteiger partial charge in [-0.05, 0) is 53.5 Å². The monoisotopic (exact) mass is 587 g/mol. The minimum Gasteiger partial charge on any atom is -0.496 e. The number of furan rings is 1. The lowest BCUT2D eigenvalue weighted by Gasteiger charge is -2.26. The van der Waals surface area contributed by atoms with Crippen LogP contribution in [0, 0.1) is 0 Å². The van der Waals surface area contributed by atoms with Crippen molar-refractivity contribution < 1.29 is 23.4 Å². The van der Waals surface area contributed by atoms with Gasteiger partial charge in [-0.3, -0.25) is 9.36 Å². The number of ether oxygens (including phenoxy) is 3. The number of esters is 1. The van der Waals surface area contributed by atoms with Gasteiger partial charge in [-0.15, -0.1) is 0 Å². The van der Waals surface area contributed by atoms with Crippen molar-refractivity contribution in [2.75, 3.05) is 44.9 Å². The second kappa shape index (κ2) is 10.7. The van der Waals surface area contributed by atoms with Crippen LogP contribution in [0.5, 0.6) is 5.75 Å². The summed E-state index contributed by atoms with van der Waals surface area (Å²) < 4.78 is 24.9. The van der Waals surface area contributed by atoms with Gasteiger partial charge < -0.3 is 23.5 Å². The van der Waals surface area contributed by atoms with Gasteiger partial charge in [0.2, 0.25) is 0 Å². The third-order valence-corrected chi connectivity index (χ3v) is 7.82. The molecule has 2 aliphatic rings. The summed E-state index contributed by atoms with van der Waals surface area (Å²) in [4.78, 5) is 34.0. The number of carbonyl (C=O) groups is 1. The molecule has 3 aromatic rings. The van der Waals surface area contributed by atoms with Crippen molar-refractivity contribution in [1.82, 2.24) is 4.57 Å². The predicted molar refractivity (Wildman–Crippen MR) is 143 cm³/mol. The van der Waals surface area contributed by atoms with E-state index >= 15 is 0 Å². The molecule has 0 N–H and O–H groups in total. The number of thiazole rings is 1. The quantitative estimate of drug-likeness (QED) is 0.409. The Morgan fingerprint density at radius 3 is 2.76 bits per heavy atom. The molecule has 0 spiro atoms. The topological polar surface area (TPSA) is 95.5 Å². The molecule has 11 heteroatoms. The highest BCUT2D eigenvalue weighted by Gasteiger charge is 2.33. The van der Waals surface area contributed by atoms with Crippen LogP contribution in [0.15, 0.2) is 60.3 Å². The fourth-order valence-electron chi connectivity index (χ4n) is 4.46. The molecule has 0 radical (unpaired) electrons. The van der Waals surface area contributed by atoms with Crippen molar-refractivity contribution in [2.24, 2.45) is 4.99 Å². The number of nitrogens with zero attached hydrogens (tertiary/aromatic N) is 3. The minimum atomic E-state index is -0.708. The van der Waals surface area contributed by atoms with Gasteiger partial charge in [0.1, 0.15) is 11.5 Å². The van der Waals surface area contributed by atoms with Gasteiger partial charge >= 0.3 is 5.97 Å². The molecule has 0 saturated carbocycles. The molecule has 4 heterocycles. The van der Waals surface area contributed by atoms with E-state index in [0.29, 0.717) is 49.8 Å². The number of carbonyl (C=O) groups excluding carboxylic acids is 1. The van der Waals surface area contributed by atoms with Crippen LogP contribution in [0.3, 0.4) is 0 Å². The number of methoxy groups -OCH3 is 1. The zero-order valence-corrected chi connectivity index (χ0v) is 23.1. The third-order valence-electron chi connectivity index (χ3n) is 6.22. The van der Waals surface area contributed by atoms with Gasteiger partial charge in [0.05, 0.1) is 53.2 Å². The van der Waals surface area contributed by atoms with E-state index in [1.54, 1.807) is 37.7 Å². The van der Waals surface area contributed by atoms with Crippen LogP contribution in [-0.2, 0) is 14.3 Å². The number of hydrogen-bond acceptors (Lipinski definition) is 9. The fourth-order valence-corrected chi connectivity index (χ4v) is 6.05. The van der Waals surface area contributed by atoms with Crippen LogP contribution >= 0.6 is 27.3 Å². The number of aromatic nitrogens is 1. The highest BCUT2D eigenvalue weighted by atomic mass is 79.9. The number of rotatable bonds is 6. The second-order valence-corrected chi connectivity index (χ2v) is 10.3. The average Bonchev–Trinajstić information content (AvgIpc) is 3.48. The first-order chi connectivity index (χ1) is 17.9. The molecule has 0 aliphatic carbocycles. The van der Waals surface area contributed by atoms with Gasteiger partial charge in [-0.1, -0.05) is 17.4 Å².